The zero-order valence-corrected chi connectivity index (χ0v) is 12.2. The average Bonchev–Trinajstić information content (AvgIpc) is 2.85. The molecule has 0 radical (unpaired) electrons. The maximum absolute atomic E-state index is 13.0. The maximum atomic E-state index is 13.0. The highest BCUT2D eigenvalue weighted by atomic mass is 35.5. The molecule has 0 saturated carbocycles. The number of esters is 1. The lowest BCUT2D eigenvalue weighted by atomic mass is 9.97. The van der Waals surface area contributed by atoms with Crippen molar-refractivity contribution in [1.29, 1.82) is 0 Å². The molecule has 3 rings (SSSR count). The van der Waals surface area contributed by atoms with Crippen molar-refractivity contribution in [2.45, 2.75) is 0 Å². The fourth-order valence-electron chi connectivity index (χ4n) is 2.23. The molecule has 21 heavy (non-hydrogen) atoms. The Bertz CT molecular complexity index is 751. The summed E-state index contributed by atoms with van der Waals surface area (Å²) in [5.41, 5.74) is 2.51. The molecule has 0 fully saturated rings. The van der Waals surface area contributed by atoms with Gasteiger partial charge in [0.2, 0.25) is 0 Å². The lowest BCUT2D eigenvalue weighted by molar-refractivity contribution is -0.133. The fourth-order valence-corrected chi connectivity index (χ4v) is 2.53. The van der Waals surface area contributed by atoms with Crippen molar-refractivity contribution in [3.63, 3.8) is 0 Å². The summed E-state index contributed by atoms with van der Waals surface area (Å²) >= 11 is 11.9. The number of ether oxygens (including phenoxy) is 1. The molecule has 2 aromatic rings. The van der Waals surface area contributed by atoms with Gasteiger partial charge in [0.05, 0.1) is 15.6 Å². The second-order valence-corrected chi connectivity index (χ2v) is 5.38. The largest absolute Gasteiger partial charge is 0.457 e. The second-order valence-electron chi connectivity index (χ2n) is 4.57. The van der Waals surface area contributed by atoms with Crippen LogP contribution in [0.25, 0.3) is 11.1 Å². The number of rotatable bonds is 2. The molecule has 0 unspecified atom stereocenters. The van der Waals surface area contributed by atoms with E-state index in [1.165, 1.54) is 12.1 Å². The predicted octanol–water partition coefficient (Wildman–Crippen LogP) is 4.60. The number of cyclic esters (lactones) is 1. The molecule has 106 valence electrons. The van der Waals surface area contributed by atoms with Crippen LogP contribution in [0.1, 0.15) is 11.1 Å². The number of halogens is 3. The minimum Gasteiger partial charge on any atom is -0.457 e. The van der Waals surface area contributed by atoms with Crippen molar-refractivity contribution < 1.29 is 13.9 Å². The summed E-state index contributed by atoms with van der Waals surface area (Å²) in [7, 11) is 0. The van der Waals surface area contributed by atoms with Crippen LogP contribution in [0.15, 0.2) is 42.5 Å². The van der Waals surface area contributed by atoms with Gasteiger partial charge in [-0.15, -0.1) is 0 Å². The van der Waals surface area contributed by atoms with Crippen molar-refractivity contribution in [1.82, 2.24) is 0 Å². The molecule has 1 aliphatic rings. The normalized spacial score (nSPS) is 14.5. The van der Waals surface area contributed by atoms with Crippen LogP contribution in [-0.2, 0) is 9.53 Å². The average molecular weight is 323 g/mol. The SMILES string of the molecule is O=C1OCC(c2ccc(F)cc2)=C1c1ccc(Cl)c(Cl)c1. The van der Waals surface area contributed by atoms with Crippen molar-refractivity contribution in [2.75, 3.05) is 6.61 Å². The van der Waals surface area contributed by atoms with Gasteiger partial charge in [0.25, 0.3) is 0 Å². The van der Waals surface area contributed by atoms with Gasteiger partial charge >= 0.3 is 5.97 Å². The molecule has 0 N–H and O–H groups in total. The zero-order chi connectivity index (χ0) is 15.0. The van der Waals surface area contributed by atoms with Crippen LogP contribution < -0.4 is 0 Å². The van der Waals surface area contributed by atoms with Crippen LogP contribution in [0.3, 0.4) is 0 Å². The van der Waals surface area contributed by atoms with Gasteiger partial charge < -0.3 is 4.74 Å². The highest BCUT2D eigenvalue weighted by Crippen LogP contribution is 2.35. The first-order valence-electron chi connectivity index (χ1n) is 6.18. The molecule has 0 saturated heterocycles. The summed E-state index contributed by atoms with van der Waals surface area (Å²) in [6.45, 7) is 0.153. The monoisotopic (exact) mass is 322 g/mol. The summed E-state index contributed by atoms with van der Waals surface area (Å²) in [6.07, 6.45) is 0. The molecule has 0 amide bonds. The van der Waals surface area contributed by atoms with Gasteiger partial charge in [-0.25, -0.2) is 9.18 Å². The minimum atomic E-state index is -0.423. The van der Waals surface area contributed by atoms with E-state index in [0.717, 1.165) is 5.56 Å². The highest BCUT2D eigenvalue weighted by molar-refractivity contribution is 6.42. The first kappa shape index (κ1) is 14.1. The maximum Gasteiger partial charge on any atom is 0.339 e. The Kier molecular flexibility index (Phi) is 3.70. The Morgan fingerprint density at radius 3 is 2.29 bits per heavy atom. The third-order valence-corrected chi connectivity index (χ3v) is 3.99. The van der Waals surface area contributed by atoms with Crippen molar-refractivity contribution in [3.05, 3.63) is 69.5 Å². The highest BCUT2D eigenvalue weighted by Gasteiger charge is 2.27. The summed E-state index contributed by atoms with van der Waals surface area (Å²) in [5.74, 6) is -0.756. The van der Waals surface area contributed by atoms with Crippen LogP contribution in [0.4, 0.5) is 4.39 Å². The summed E-state index contributed by atoms with van der Waals surface area (Å²) in [4.78, 5) is 12.0. The van der Waals surface area contributed by atoms with E-state index in [0.29, 0.717) is 26.8 Å². The predicted molar refractivity (Wildman–Crippen MR) is 80.6 cm³/mol. The van der Waals surface area contributed by atoms with Crippen LogP contribution in [0.2, 0.25) is 10.0 Å². The number of hydrogen-bond donors (Lipinski definition) is 0. The molecule has 0 atom stereocenters. The standard InChI is InChI=1S/C16H9Cl2FO2/c17-13-6-3-10(7-14(13)18)15-12(8-21-16(15)20)9-1-4-11(19)5-2-9/h1-7H,8H2. The molecule has 0 aliphatic carbocycles. The van der Waals surface area contributed by atoms with Gasteiger partial charge in [0.1, 0.15) is 12.4 Å². The summed E-state index contributed by atoms with van der Waals surface area (Å²) in [6, 6.07) is 10.9. The van der Waals surface area contributed by atoms with Gasteiger partial charge in [-0.2, -0.15) is 0 Å². The van der Waals surface area contributed by atoms with Crippen molar-refractivity contribution >= 4 is 40.3 Å². The molecule has 1 aliphatic heterocycles. The van der Waals surface area contributed by atoms with E-state index in [9.17, 15) is 9.18 Å². The van der Waals surface area contributed by atoms with Crippen LogP contribution in [0.5, 0.6) is 0 Å². The van der Waals surface area contributed by atoms with E-state index in [4.69, 9.17) is 27.9 Å². The Morgan fingerprint density at radius 1 is 0.952 bits per heavy atom. The molecule has 1 heterocycles. The number of carbonyl (C=O) groups is 1. The van der Waals surface area contributed by atoms with Crippen LogP contribution >= 0.6 is 23.2 Å². The van der Waals surface area contributed by atoms with Crippen LogP contribution in [-0.4, -0.2) is 12.6 Å². The first-order valence-corrected chi connectivity index (χ1v) is 6.93. The topological polar surface area (TPSA) is 26.3 Å². The van der Waals surface area contributed by atoms with Gasteiger partial charge in [-0.1, -0.05) is 41.4 Å². The third kappa shape index (κ3) is 2.67. The van der Waals surface area contributed by atoms with Crippen molar-refractivity contribution in [2.24, 2.45) is 0 Å². The number of hydrogen-bond acceptors (Lipinski definition) is 2. The minimum absolute atomic E-state index is 0.153. The fraction of sp³-hybridized carbons (Fsp3) is 0.0625. The molecular weight excluding hydrogens is 314 g/mol. The van der Waals surface area contributed by atoms with E-state index < -0.39 is 5.97 Å². The van der Waals surface area contributed by atoms with Gasteiger partial charge in [-0.3, -0.25) is 0 Å². The molecule has 2 nitrogen and oxygen atoms in total. The van der Waals surface area contributed by atoms with E-state index in [2.05, 4.69) is 0 Å². The number of carbonyl (C=O) groups excluding carboxylic acids is 1. The quantitative estimate of drug-likeness (QED) is 0.755. The molecule has 5 heteroatoms. The van der Waals surface area contributed by atoms with Crippen LogP contribution in [0, 0.1) is 5.82 Å². The third-order valence-electron chi connectivity index (χ3n) is 3.25. The van der Waals surface area contributed by atoms with E-state index >= 15 is 0 Å². The molecule has 0 aromatic heterocycles. The molecule has 0 bridgehead atoms. The van der Waals surface area contributed by atoms with E-state index in [-0.39, 0.29) is 12.4 Å². The Labute approximate surface area is 130 Å². The Balaban J connectivity index is 2.14. The molecular formula is C16H9Cl2FO2. The number of benzene rings is 2. The lowest BCUT2D eigenvalue weighted by Crippen LogP contribution is -1.98. The first-order chi connectivity index (χ1) is 10.1. The summed E-state index contributed by atoms with van der Waals surface area (Å²) < 4.78 is 18.1. The van der Waals surface area contributed by atoms with Crippen molar-refractivity contribution in [3.8, 4) is 0 Å². The second kappa shape index (κ2) is 5.51. The summed E-state index contributed by atoms with van der Waals surface area (Å²) in [5, 5.41) is 0.774. The molecule has 0 spiro atoms. The molecule has 2 aromatic carbocycles. The lowest BCUT2D eigenvalue weighted by Gasteiger charge is -2.06. The van der Waals surface area contributed by atoms with Gasteiger partial charge in [0, 0.05) is 5.57 Å². The smallest absolute Gasteiger partial charge is 0.339 e. The van der Waals surface area contributed by atoms with Gasteiger partial charge in [-0.05, 0) is 35.4 Å². The van der Waals surface area contributed by atoms with Gasteiger partial charge in [0.15, 0.2) is 0 Å². The Morgan fingerprint density at radius 2 is 1.62 bits per heavy atom. The zero-order valence-electron chi connectivity index (χ0n) is 10.7. The van der Waals surface area contributed by atoms with E-state index in [1.54, 1.807) is 30.3 Å². The Hall–Kier alpha value is -1.84. The van der Waals surface area contributed by atoms with E-state index in [1.807, 2.05) is 0 Å².